The molecule has 0 bridgehead atoms. The standard InChI is InChI=1S/C18H12ClF6NO2S/c19-12-4-2-1-3-11(12)15(27)26-7-8-29-14-9-10(5-6-13(14)26)16(28,17(20,21)22)18(23,24)25/h1-6,9,28H,7-8H2. The molecular formula is C18H12ClF6NO2S. The third-order valence-corrected chi connectivity index (χ3v) is 5.77. The minimum Gasteiger partial charge on any atom is -0.369 e. The van der Waals surface area contributed by atoms with Gasteiger partial charge in [0.15, 0.2) is 0 Å². The predicted octanol–water partition coefficient (Wildman–Crippen LogP) is 5.40. The summed E-state index contributed by atoms with van der Waals surface area (Å²) in [5, 5.41) is 9.75. The number of thioether (sulfide) groups is 1. The second kappa shape index (κ2) is 7.41. The van der Waals surface area contributed by atoms with E-state index in [-0.39, 0.29) is 33.5 Å². The van der Waals surface area contributed by atoms with Crippen LogP contribution in [0.25, 0.3) is 0 Å². The van der Waals surface area contributed by atoms with Crippen LogP contribution in [0.3, 0.4) is 0 Å². The Morgan fingerprint density at radius 2 is 1.66 bits per heavy atom. The summed E-state index contributed by atoms with van der Waals surface area (Å²) < 4.78 is 78.8. The summed E-state index contributed by atoms with van der Waals surface area (Å²) in [4.78, 5) is 14.1. The van der Waals surface area contributed by atoms with Gasteiger partial charge in [-0.05, 0) is 24.3 Å². The van der Waals surface area contributed by atoms with Crippen LogP contribution >= 0.6 is 23.4 Å². The first kappa shape index (κ1) is 21.8. The lowest BCUT2D eigenvalue weighted by Gasteiger charge is -2.35. The molecule has 0 saturated heterocycles. The number of rotatable bonds is 2. The van der Waals surface area contributed by atoms with Crippen LogP contribution in [0.1, 0.15) is 15.9 Å². The average molecular weight is 456 g/mol. The van der Waals surface area contributed by atoms with Crippen molar-refractivity contribution in [3.05, 3.63) is 58.6 Å². The molecule has 1 heterocycles. The van der Waals surface area contributed by atoms with Crippen LogP contribution in [0.2, 0.25) is 5.02 Å². The van der Waals surface area contributed by atoms with Gasteiger partial charge in [-0.25, -0.2) is 0 Å². The topological polar surface area (TPSA) is 40.5 Å². The van der Waals surface area contributed by atoms with E-state index in [9.17, 15) is 36.2 Å². The molecule has 0 saturated carbocycles. The van der Waals surface area contributed by atoms with Gasteiger partial charge in [0.2, 0.25) is 0 Å². The molecule has 2 aromatic rings. The van der Waals surface area contributed by atoms with Crippen LogP contribution in [-0.4, -0.2) is 35.7 Å². The number of hydrogen-bond donors (Lipinski definition) is 1. The van der Waals surface area contributed by atoms with Crippen LogP contribution in [-0.2, 0) is 5.60 Å². The second-order valence-electron chi connectivity index (χ2n) is 6.17. The van der Waals surface area contributed by atoms with Crippen molar-refractivity contribution < 1.29 is 36.2 Å². The molecule has 1 N–H and O–H groups in total. The first-order valence-electron chi connectivity index (χ1n) is 8.07. The minimum absolute atomic E-state index is 0.0149. The van der Waals surface area contributed by atoms with E-state index in [0.717, 1.165) is 17.8 Å². The van der Waals surface area contributed by atoms with Crippen molar-refractivity contribution in [1.29, 1.82) is 0 Å². The number of halogens is 7. The molecule has 2 aromatic carbocycles. The van der Waals surface area contributed by atoms with Crippen molar-refractivity contribution in [2.24, 2.45) is 0 Å². The van der Waals surface area contributed by atoms with E-state index >= 15 is 0 Å². The number of carbonyl (C=O) groups excluding carboxylic acids is 1. The maximum Gasteiger partial charge on any atom is 0.430 e. The average Bonchev–Trinajstić information content (AvgIpc) is 2.64. The number of fused-ring (bicyclic) bond motifs is 1. The second-order valence-corrected chi connectivity index (χ2v) is 7.72. The molecule has 29 heavy (non-hydrogen) atoms. The molecule has 0 fully saturated rings. The zero-order chi connectivity index (χ0) is 21.6. The van der Waals surface area contributed by atoms with Crippen molar-refractivity contribution in [3.8, 4) is 0 Å². The number of benzene rings is 2. The highest BCUT2D eigenvalue weighted by Crippen LogP contribution is 2.51. The number of hydrogen-bond acceptors (Lipinski definition) is 3. The zero-order valence-corrected chi connectivity index (χ0v) is 15.9. The number of aliphatic hydroxyl groups is 1. The van der Waals surface area contributed by atoms with E-state index in [4.69, 9.17) is 11.6 Å². The molecule has 1 aliphatic heterocycles. The Bertz CT molecular complexity index is 933. The molecule has 0 atom stereocenters. The van der Waals surface area contributed by atoms with E-state index < -0.39 is 29.4 Å². The Balaban J connectivity index is 2.06. The Morgan fingerprint density at radius 3 is 2.24 bits per heavy atom. The highest BCUT2D eigenvalue weighted by Gasteiger charge is 2.71. The summed E-state index contributed by atoms with van der Waals surface area (Å²) in [5.41, 5.74) is -6.10. The fourth-order valence-corrected chi connectivity index (χ4v) is 4.17. The van der Waals surface area contributed by atoms with Crippen LogP contribution in [0.5, 0.6) is 0 Å². The van der Waals surface area contributed by atoms with Gasteiger partial charge >= 0.3 is 12.4 Å². The molecule has 0 unspecified atom stereocenters. The third kappa shape index (κ3) is 3.69. The summed E-state index contributed by atoms with van der Waals surface area (Å²) >= 11 is 7.00. The Hall–Kier alpha value is -1.91. The van der Waals surface area contributed by atoms with Crippen LogP contribution < -0.4 is 4.90 Å². The first-order chi connectivity index (χ1) is 13.4. The first-order valence-corrected chi connectivity index (χ1v) is 9.44. The molecule has 156 valence electrons. The van der Waals surface area contributed by atoms with E-state index in [1.54, 1.807) is 12.1 Å². The van der Waals surface area contributed by atoms with Gasteiger partial charge in [-0.1, -0.05) is 29.8 Å². The molecule has 11 heteroatoms. The molecule has 0 radical (unpaired) electrons. The maximum atomic E-state index is 13.1. The number of alkyl halides is 6. The minimum atomic E-state index is -5.98. The van der Waals surface area contributed by atoms with Crippen molar-refractivity contribution >= 4 is 35.0 Å². The molecule has 0 aromatic heterocycles. The van der Waals surface area contributed by atoms with Gasteiger partial charge in [-0.2, -0.15) is 26.3 Å². The van der Waals surface area contributed by atoms with E-state index in [1.165, 1.54) is 17.0 Å². The number of anilines is 1. The summed E-state index contributed by atoms with van der Waals surface area (Å²) in [7, 11) is 0. The van der Waals surface area contributed by atoms with Gasteiger partial charge in [-0.15, -0.1) is 11.8 Å². The lowest BCUT2D eigenvalue weighted by atomic mass is 9.92. The van der Waals surface area contributed by atoms with Gasteiger partial charge in [0.05, 0.1) is 16.3 Å². The van der Waals surface area contributed by atoms with E-state index in [1.807, 2.05) is 0 Å². The lowest BCUT2D eigenvalue weighted by Crippen LogP contribution is -2.54. The van der Waals surface area contributed by atoms with Crippen molar-refractivity contribution in [1.82, 2.24) is 0 Å². The molecule has 3 rings (SSSR count). The lowest BCUT2D eigenvalue weighted by molar-refractivity contribution is -0.376. The zero-order valence-electron chi connectivity index (χ0n) is 14.3. The number of carbonyl (C=O) groups is 1. The smallest absolute Gasteiger partial charge is 0.369 e. The SMILES string of the molecule is O=C(c1ccccc1Cl)N1CCSc2cc(C(O)(C(F)(F)F)C(F)(F)F)ccc21. The fourth-order valence-electron chi connectivity index (χ4n) is 2.92. The molecule has 1 amide bonds. The monoisotopic (exact) mass is 455 g/mol. The van der Waals surface area contributed by atoms with Crippen LogP contribution in [0, 0.1) is 0 Å². The largest absolute Gasteiger partial charge is 0.430 e. The van der Waals surface area contributed by atoms with Crippen molar-refractivity contribution in [2.45, 2.75) is 22.8 Å². The van der Waals surface area contributed by atoms with Gasteiger partial charge in [-0.3, -0.25) is 4.79 Å². The van der Waals surface area contributed by atoms with Crippen LogP contribution in [0.4, 0.5) is 32.0 Å². The quantitative estimate of drug-likeness (QED) is 0.616. The maximum absolute atomic E-state index is 13.1. The summed E-state index contributed by atoms with van der Waals surface area (Å²) in [6.07, 6.45) is -12.0. The van der Waals surface area contributed by atoms with Gasteiger partial charge in [0, 0.05) is 22.8 Å². The highest BCUT2D eigenvalue weighted by atomic mass is 35.5. The predicted molar refractivity (Wildman–Crippen MR) is 96.3 cm³/mol. The molecule has 1 aliphatic rings. The summed E-state index contributed by atoms with van der Waals surface area (Å²) in [5.74, 6) is -0.296. The number of amides is 1. The van der Waals surface area contributed by atoms with E-state index in [2.05, 4.69) is 0 Å². The fraction of sp³-hybridized carbons (Fsp3) is 0.278. The summed E-state index contributed by atoms with van der Waals surface area (Å²) in [6.45, 7) is 0.184. The normalized spacial score (nSPS) is 15.2. The highest BCUT2D eigenvalue weighted by molar-refractivity contribution is 7.99. The molecular weight excluding hydrogens is 444 g/mol. The Morgan fingerprint density at radius 1 is 1.03 bits per heavy atom. The van der Waals surface area contributed by atoms with Gasteiger partial charge < -0.3 is 10.0 Å². The Kier molecular flexibility index (Phi) is 5.57. The van der Waals surface area contributed by atoms with Gasteiger partial charge in [0.1, 0.15) is 0 Å². The number of nitrogens with zero attached hydrogens (tertiary/aromatic N) is 1. The van der Waals surface area contributed by atoms with Crippen molar-refractivity contribution in [2.75, 3.05) is 17.2 Å². The van der Waals surface area contributed by atoms with Crippen LogP contribution in [0.15, 0.2) is 47.4 Å². The third-order valence-electron chi connectivity index (χ3n) is 4.41. The van der Waals surface area contributed by atoms with Crippen molar-refractivity contribution in [3.63, 3.8) is 0 Å². The van der Waals surface area contributed by atoms with Gasteiger partial charge in [0.25, 0.3) is 11.5 Å². The molecule has 0 spiro atoms. The molecule has 3 nitrogen and oxygen atoms in total. The molecule has 0 aliphatic carbocycles. The Labute approximate surface area is 170 Å². The summed E-state index contributed by atoms with van der Waals surface area (Å²) in [6, 6.07) is 8.26. The van der Waals surface area contributed by atoms with E-state index in [0.29, 0.717) is 12.1 Å².